The molecule has 2 aromatic carbocycles. The summed E-state index contributed by atoms with van der Waals surface area (Å²) in [5, 5.41) is 1.27. The van der Waals surface area contributed by atoms with Gasteiger partial charge in [0.05, 0.1) is 5.02 Å². The lowest BCUT2D eigenvalue weighted by Crippen LogP contribution is -2.17. The third-order valence-electron chi connectivity index (χ3n) is 2.05. The molecule has 0 saturated heterocycles. The molecule has 0 unspecified atom stereocenters. The number of benzene rings is 2. The molecule has 0 spiro atoms. The summed E-state index contributed by atoms with van der Waals surface area (Å²) >= 11 is 5.82. The van der Waals surface area contributed by atoms with Crippen molar-refractivity contribution in [1.82, 2.24) is 0 Å². The van der Waals surface area contributed by atoms with Crippen molar-refractivity contribution >= 4 is 22.4 Å². The Bertz CT molecular complexity index is 522. The predicted molar refractivity (Wildman–Crippen MR) is 55.6 cm³/mol. The summed E-state index contributed by atoms with van der Waals surface area (Å²) in [4.78, 5) is 0. The van der Waals surface area contributed by atoms with Crippen molar-refractivity contribution in [3.8, 4) is 5.75 Å². The zero-order valence-electron chi connectivity index (χ0n) is 7.88. The van der Waals surface area contributed by atoms with Gasteiger partial charge in [-0.15, -0.1) is 13.2 Å². The minimum Gasteiger partial charge on any atom is -0.404 e. The number of ether oxygens (including phenoxy) is 1. The van der Waals surface area contributed by atoms with Crippen LogP contribution < -0.4 is 4.74 Å². The van der Waals surface area contributed by atoms with E-state index in [9.17, 15) is 13.2 Å². The third-order valence-corrected chi connectivity index (χ3v) is 2.44. The molecule has 0 aliphatic heterocycles. The van der Waals surface area contributed by atoms with Gasteiger partial charge in [0.1, 0.15) is 5.75 Å². The Balaban J connectivity index is 2.53. The van der Waals surface area contributed by atoms with Crippen molar-refractivity contribution in [3.05, 3.63) is 41.4 Å². The second-order valence-corrected chi connectivity index (χ2v) is 3.52. The maximum atomic E-state index is 12.0. The lowest BCUT2D eigenvalue weighted by atomic mass is 10.1. The van der Waals surface area contributed by atoms with Crippen molar-refractivity contribution in [1.29, 1.82) is 0 Å². The van der Waals surface area contributed by atoms with Gasteiger partial charge in [0.15, 0.2) is 0 Å². The first-order valence-corrected chi connectivity index (χ1v) is 4.78. The normalized spacial score (nSPS) is 11.8. The fourth-order valence-corrected chi connectivity index (χ4v) is 1.69. The highest BCUT2D eigenvalue weighted by Gasteiger charge is 2.32. The zero-order chi connectivity index (χ0) is 11.8. The van der Waals surface area contributed by atoms with Crippen molar-refractivity contribution in [3.63, 3.8) is 0 Å². The van der Waals surface area contributed by atoms with Crippen LogP contribution in [0, 0.1) is 0 Å². The smallest absolute Gasteiger partial charge is 0.404 e. The van der Waals surface area contributed by atoms with E-state index in [1.165, 1.54) is 12.1 Å². The van der Waals surface area contributed by atoms with Crippen LogP contribution in [-0.2, 0) is 0 Å². The van der Waals surface area contributed by atoms with Gasteiger partial charge in [-0.25, -0.2) is 0 Å². The number of rotatable bonds is 1. The molecule has 0 atom stereocenters. The van der Waals surface area contributed by atoms with Crippen LogP contribution in [0.1, 0.15) is 0 Å². The second-order valence-electron chi connectivity index (χ2n) is 3.15. The Morgan fingerprint density at radius 3 is 2.38 bits per heavy atom. The molecule has 5 heteroatoms. The van der Waals surface area contributed by atoms with Gasteiger partial charge in [0.25, 0.3) is 0 Å². The molecule has 0 bridgehead atoms. The average molecular weight is 247 g/mol. The van der Waals surface area contributed by atoms with Crippen molar-refractivity contribution in [2.45, 2.75) is 6.36 Å². The predicted octanol–water partition coefficient (Wildman–Crippen LogP) is 4.39. The van der Waals surface area contributed by atoms with Crippen molar-refractivity contribution < 1.29 is 17.9 Å². The van der Waals surface area contributed by atoms with Gasteiger partial charge in [-0.1, -0.05) is 41.9 Å². The van der Waals surface area contributed by atoms with E-state index in [0.717, 1.165) is 5.39 Å². The van der Waals surface area contributed by atoms with Crippen LogP contribution in [0.15, 0.2) is 36.4 Å². The summed E-state index contributed by atoms with van der Waals surface area (Å²) in [7, 11) is 0. The summed E-state index contributed by atoms with van der Waals surface area (Å²) in [5.41, 5.74) is 0. The second kappa shape index (κ2) is 3.87. The summed E-state index contributed by atoms with van der Waals surface area (Å²) in [5.74, 6) is -0.382. The molecule has 0 aromatic heterocycles. The minimum absolute atomic E-state index is 0.0320. The molecule has 2 rings (SSSR count). The van der Waals surface area contributed by atoms with Crippen LogP contribution in [0.2, 0.25) is 5.02 Å². The quantitative estimate of drug-likeness (QED) is 0.725. The largest absolute Gasteiger partial charge is 0.573 e. The van der Waals surface area contributed by atoms with Crippen LogP contribution in [-0.4, -0.2) is 6.36 Å². The first kappa shape index (κ1) is 11.1. The van der Waals surface area contributed by atoms with E-state index in [4.69, 9.17) is 11.6 Å². The molecule has 0 saturated carbocycles. The van der Waals surface area contributed by atoms with E-state index in [1.807, 2.05) is 0 Å². The number of fused-ring (bicyclic) bond motifs is 1. The Morgan fingerprint density at radius 1 is 1.00 bits per heavy atom. The first-order valence-electron chi connectivity index (χ1n) is 4.40. The molecule has 0 radical (unpaired) electrons. The van der Waals surface area contributed by atoms with Crippen LogP contribution in [0.5, 0.6) is 5.75 Å². The van der Waals surface area contributed by atoms with Gasteiger partial charge in [-0.05, 0) is 11.5 Å². The third kappa shape index (κ3) is 2.22. The van der Waals surface area contributed by atoms with Gasteiger partial charge < -0.3 is 4.74 Å². The van der Waals surface area contributed by atoms with Crippen LogP contribution in [0.3, 0.4) is 0 Å². The molecular formula is C11H6ClF3O. The lowest BCUT2D eigenvalue weighted by Gasteiger charge is -2.11. The Hall–Kier alpha value is -1.42. The maximum Gasteiger partial charge on any atom is 0.573 e. The Kier molecular flexibility index (Phi) is 2.68. The molecule has 84 valence electrons. The van der Waals surface area contributed by atoms with Crippen LogP contribution >= 0.6 is 11.6 Å². The maximum absolute atomic E-state index is 12.0. The topological polar surface area (TPSA) is 9.23 Å². The average Bonchev–Trinajstić information content (AvgIpc) is 2.21. The molecular weight excluding hydrogens is 241 g/mol. The van der Waals surface area contributed by atoms with Crippen molar-refractivity contribution in [2.75, 3.05) is 0 Å². The van der Waals surface area contributed by atoms with E-state index in [2.05, 4.69) is 4.74 Å². The molecule has 0 aliphatic rings. The Labute approximate surface area is 94.4 Å². The lowest BCUT2D eigenvalue weighted by molar-refractivity contribution is -0.274. The summed E-state index contributed by atoms with van der Waals surface area (Å²) in [6.45, 7) is 0. The number of hydrogen-bond acceptors (Lipinski definition) is 1. The number of hydrogen-bond donors (Lipinski definition) is 0. The van der Waals surface area contributed by atoms with Crippen molar-refractivity contribution in [2.24, 2.45) is 0 Å². The molecule has 0 N–H and O–H groups in total. The molecule has 16 heavy (non-hydrogen) atoms. The summed E-state index contributed by atoms with van der Waals surface area (Å²) < 4.78 is 39.9. The fraction of sp³-hybridized carbons (Fsp3) is 0.0909. The highest BCUT2D eigenvalue weighted by Crippen LogP contribution is 2.35. The van der Waals surface area contributed by atoms with Crippen LogP contribution in [0.4, 0.5) is 13.2 Å². The van der Waals surface area contributed by atoms with Crippen LogP contribution in [0.25, 0.3) is 10.8 Å². The van der Waals surface area contributed by atoms with Gasteiger partial charge in [-0.2, -0.15) is 0 Å². The van der Waals surface area contributed by atoms with E-state index in [-0.39, 0.29) is 10.8 Å². The van der Waals surface area contributed by atoms with Gasteiger partial charge in [0, 0.05) is 5.39 Å². The SMILES string of the molecule is FC(F)(F)Oc1ccc2ccccc2c1Cl. The highest BCUT2D eigenvalue weighted by molar-refractivity contribution is 6.37. The molecule has 0 amide bonds. The number of halogens is 4. The monoisotopic (exact) mass is 246 g/mol. The molecule has 2 aromatic rings. The van der Waals surface area contributed by atoms with E-state index < -0.39 is 6.36 Å². The minimum atomic E-state index is -4.73. The van der Waals surface area contributed by atoms with Gasteiger partial charge in [-0.3, -0.25) is 0 Å². The standard InChI is InChI=1S/C11H6ClF3O/c12-10-8-4-2-1-3-7(8)5-6-9(10)16-11(13,14)15/h1-6H. The van der Waals surface area contributed by atoms with E-state index in [1.54, 1.807) is 24.3 Å². The van der Waals surface area contributed by atoms with Gasteiger partial charge in [0.2, 0.25) is 0 Å². The molecule has 1 nitrogen and oxygen atoms in total. The van der Waals surface area contributed by atoms with E-state index in [0.29, 0.717) is 5.39 Å². The fourth-order valence-electron chi connectivity index (χ4n) is 1.42. The molecule has 0 heterocycles. The molecule has 0 fully saturated rings. The first-order chi connectivity index (χ1) is 7.47. The molecule has 0 aliphatic carbocycles. The zero-order valence-corrected chi connectivity index (χ0v) is 8.64. The highest BCUT2D eigenvalue weighted by atomic mass is 35.5. The van der Waals surface area contributed by atoms with Gasteiger partial charge >= 0.3 is 6.36 Å². The Morgan fingerprint density at radius 2 is 1.69 bits per heavy atom. The number of alkyl halides is 3. The summed E-state index contributed by atoms with van der Waals surface area (Å²) in [6.07, 6.45) is -4.73. The van der Waals surface area contributed by atoms with E-state index >= 15 is 0 Å². The summed E-state index contributed by atoms with van der Waals surface area (Å²) in [6, 6.07) is 9.62.